The van der Waals surface area contributed by atoms with E-state index in [1.807, 2.05) is 0 Å². The Balaban J connectivity index is 1.74. The number of hydrogen-bond donors (Lipinski definition) is 1. The van der Waals surface area contributed by atoms with Crippen LogP contribution in [0.15, 0.2) is 0 Å². The van der Waals surface area contributed by atoms with E-state index in [-0.39, 0.29) is 0 Å². The van der Waals surface area contributed by atoms with E-state index in [0.717, 1.165) is 19.6 Å². The highest BCUT2D eigenvalue weighted by Crippen LogP contribution is 2.21. The summed E-state index contributed by atoms with van der Waals surface area (Å²) in [6.07, 6.45) is 8.05. The van der Waals surface area contributed by atoms with Crippen LogP contribution < -0.4 is 5.32 Å². The zero-order valence-corrected chi connectivity index (χ0v) is 11.3. The lowest BCUT2D eigenvalue weighted by Crippen LogP contribution is -2.47. The lowest BCUT2D eigenvalue weighted by Gasteiger charge is -2.35. The van der Waals surface area contributed by atoms with Crippen LogP contribution in [0.3, 0.4) is 0 Å². The van der Waals surface area contributed by atoms with Crippen LogP contribution in [-0.4, -0.2) is 37.5 Å². The molecule has 3 heteroatoms. The summed E-state index contributed by atoms with van der Waals surface area (Å²) in [5.74, 6) is 0. The molecule has 0 saturated carbocycles. The van der Waals surface area contributed by atoms with Gasteiger partial charge in [0.25, 0.3) is 0 Å². The molecule has 0 amide bonds. The molecule has 2 aliphatic heterocycles. The summed E-state index contributed by atoms with van der Waals surface area (Å²) in [6.45, 7) is 6.26. The van der Waals surface area contributed by atoms with Crippen LogP contribution >= 0.6 is 0 Å². The molecular formula is C14H27NO2. The Morgan fingerprint density at radius 2 is 1.76 bits per heavy atom. The first-order chi connectivity index (χ1) is 8.28. The molecule has 17 heavy (non-hydrogen) atoms. The molecule has 0 aromatic rings. The third kappa shape index (κ3) is 4.23. The second-order valence-corrected chi connectivity index (χ2v) is 5.57. The van der Waals surface area contributed by atoms with Gasteiger partial charge in [-0.05, 0) is 39.0 Å². The van der Waals surface area contributed by atoms with E-state index in [1.54, 1.807) is 0 Å². The van der Waals surface area contributed by atoms with Gasteiger partial charge in [-0.3, -0.25) is 0 Å². The van der Waals surface area contributed by atoms with E-state index in [4.69, 9.17) is 9.47 Å². The molecule has 0 bridgehead atoms. The van der Waals surface area contributed by atoms with Gasteiger partial charge >= 0.3 is 0 Å². The summed E-state index contributed by atoms with van der Waals surface area (Å²) >= 11 is 0. The molecule has 4 atom stereocenters. The van der Waals surface area contributed by atoms with Crippen molar-refractivity contribution in [3.05, 3.63) is 0 Å². The van der Waals surface area contributed by atoms with Gasteiger partial charge in [0, 0.05) is 25.3 Å². The standard InChI is InChI=1S/C14H27NO2/c1-3-4-14-10-13(6-8-17-14)15-12-5-7-16-11(2)9-12/h11-15H,3-10H2,1-2H3. The fourth-order valence-corrected chi connectivity index (χ4v) is 3.04. The van der Waals surface area contributed by atoms with E-state index < -0.39 is 0 Å². The van der Waals surface area contributed by atoms with Crippen molar-refractivity contribution in [1.29, 1.82) is 0 Å². The average Bonchev–Trinajstić information content (AvgIpc) is 2.30. The molecule has 0 radical (unpaired) electrons. The second-order valence-electron chi connectivity index (χ2n) is 5.57. The molecule has 100 valence electrons. The fraction of sp³-hybridized carbons (Fsp3) is 1.00. The lowest BCUT2D eigenvalue weighted by atomic mass is 9.97. The van der Waals surface area contributed by atoms with E-state index >= 15 is 0 Å². The van der Waals surface area contributed by atoms with Gasteiger partial charge in [-0.15, -0.1) is 0 Å². The minimum Gasteiger partial charge on any atom is -0.378 e. The predicted molar refractivity (Wildman–Crippen MR) is 69.2 cm³/mol. The Hall–Kier alpha value is -0.120. The maximum Gasteiger partial charge on any atom is 0.0589 e. The van der Waals surface area contributed by atoms with Gasteiger partial charge in [-0.1, -0.05) is 13.3 Å². The molecule has 2 aliphatic rings. The average molecular weight is 241 g/mol. The predicted octanol–water partition coefficient (Wildman–Crippen LogP) is 2.49. The smallest absolute Gasteiger partial charge is 0.0589 e. The van der Waals surface area contributed by atoms with Crippen molar-refractivity contribution >= 4 is 0 Å². The number of nitrogens with one attached hydrogen (secondary N) is 1. The van der Waals surface area contributed by atoms with Gasteiger partial charge in [0.05, 0.1) is 12.2 Å². The molecule has 0 aromatic carbocycles. The molecule has 1 N–H and O–H groups in total. The molecule has 2 fully saturated rings. The summed E-state index contributed by atoms with van der Waals surface area (Å²) in [4.78, 5) is 0. The van der Waals surface area contributed by atoms with Gasteiger partial charge < -0.3 is 14.8 Å². The molecule has 0 aromatic heterocycles. The molecule has 2 heterocycles. The van der Waals surface area contributed by atoms with Gasteiger partial charge in [-0.25, -0.2) is 0 Å². The van der Waals surface area contributed by atoms with Crippen LogP contribution in [0.25, 0.3) is 0 Å². The minimum absolute atomic E-state index is 0.424. The summed E-state index contributed by atoms with van der Waals surface area (Å²) in [7, 11) is 0. The Kier molecular flexibility index (Phi) is 5.26. The number of rotatable bonds is 4. The normalized spacial score (nSPS) is 39.2. The van der Waals surface area contributed by atoms with Crippen LogP contribution in [0.4, 0.5) is 0 Å². The quantitative estimate of drug-likeness (QED) is 0.820. The van der Waals surface area contributed by atoms with Gasteiger partial charge in [0.1, 0.15) is 0 Å². The Labute approximate surface area is 105 Å². The molecule has 0 spiro atoms. The summed E-state index contributed by atoms with van der Waals surface area (Å²) in [6, 6.07) is 1.32. The highest BCUT2D eigenvalue weighted by Gasteiger charge is 2.26. The van der Waals surface area contributed by atoms with E-state index in [2.05, 4.69) is 19.2 Å². The number of hydrogen-bond acceptors (Lipinski definition) is 3. The van der Waals surface area contributed by atoms with Crippen molar-refractivity contribution in [3.8, 4) is 0 Å². The Morgan fingerprint density at radius 1 is 1.06 bits per heavy atom. The first-order valence-electron chi connectivity index (χ1n) is 7.27. The van der Waals surface area contributed by atoms with Crippen LogP contribution in [0.5, 0.6) is 0 Å². The van der Waals surface area contributed by atoms with Gasteiger partial charge in [0.2, 0.25) is 0 Å². The molecule has 2 rings (SSSR count). The van der Waals surface area contributed by atoms with Crippen molar-refractivity contribution in [2.75, 3.05) is 13.2 Å². The lowest BCUT2D eigenvalue weighted by molar-refractivity contribution is -0.0176. The van der Waals surface area contributed by atoms with Crippen molar-refractivity contribution in [2.24, 2.45) is 0 Å². The van der Waals surface area contributed by atoms with Crippen molar-refractivity contribution in [3.63, 3.8) is 0 Å². The first kappa shape index (κ1) is 13.3. The van der Waals surface area contributed by atoms with Crippen LogP contribution in [-0.2, 0) is 9.47 Å². The summed E-state index contributed by atoms with van der Waals surface area (Å²) < 4.78 is 11.4. The first-order valence-corrected chi connectivity index (χ1v) is 7.27. The SMILES string of the molecule is CCCC1CC(NC2CCOC(C)C2)CCO1. The van der Waals surface area contributed by atoms with E-state index in [0.29, 0.717) is 24.3 Å². The minimum atomic E-state index is 0.424. The van der Waals surface area contributed by atoms with Crippen molar-refractivity contribution < 1.29 is 9.47 Å². The highest BCUT2D eigenvalue weighted by atomic mass is 16.5. The largest absolute Gasteiger partial charge is 0.378 e. The van der Waals surface area contributed by atoms with E-state index in [1.165, 1.54) is 32.1 Å². The number of ether oxygens (including phenoxy) is 2. The van der Waals surface area contributed by atoms with E-state index in [9.17, 15) is 0 Å². The molecule has 4 unspecified atom stereocenters. The zero-order chi connectivity index (χ0) is 12.1. The fourth-order valence-electron chi connectivity index (χ4n) is 3.04. The molecule has 0 aliphatic carbocycles. The Bertz CT molecular complexity index is 220. The second kappa shape index (κ2) is 6.72. The monoisotopic (exact) mass is 241 g/mol. The van der Waals surface area contributed by atoms with Crippen LogP contribution in [0, 0.1) is 0 Å². The highest BCUT2D eigenvalue weighted by molar-refractivity contribution is 4.83. The Morgan fingerprint density at radius 3 is 2.47 bits per heavy atom. The topological polar surface area (TPSA) is 30.5 Å². The van der Waals surface area contributed by atoms with Crippen molar-refractivity contribution in [1.82, 2.24) is 5.32 Å². The third-order valence-electron chi connectivity index (χ3n) is 3.93. The van der Waals surface area contributed by atoms with Crippen LogP contribution in [0.2, 0.25) is 0 Å². The maximum atomic E-state index is 5.79. The van der Waals surface area contributed by atoms with Crippen molar-refractivity contribution in [2.45, 2.75) is 76.7 Å². The molecule has 3 nitrogen and oxygen atoms in total. The molecular weight excluding hydrogens is 214 g/mol. The van der Waals surface area contributed by atoms with Gasteiger partial charge in [-0.2, -0.15) is 0 Å². The van der Waals surface area contributed by atoms with Crippen LogP contribution in [0.1, 0.15) is 52.4 Å². The maximum absolute atomic E-state index is 5.79. The zero-order valence-electron chi connectivity index (χ0n) is 11.3. The van der Waals surface area contributed by atoms with Gasteiger partial charge in [0.15, 0.2) is 0 Å². The summed E-state index contributed by atoms with van der Waals surface area (Å²) in [5.41, 5.74) is 0. The molecule has 2 saturated heterocycles. The third-order valence-corrected chi connectivity index (χ3v) is 3.93. The summed E-state index contributed by atoms with van der Waals surface area (Å²) in [5, 5.41) is 3.82.